The minimum Gasteiger partial charge on any atom is -0.271 e. The smallest absolute Gasteiger partial charge is 0.126 e. The Balaban J connectivity index is 2.30. The summed E-state index contributed by atoms with van der Waals surface area (Å²) in [6.07, 6.45) is 0.411. The molecule has 0 aliphatic carbocycles. The third-order valence-electron chi connectivity index (χ3n) is 3.22. The number of aryl methyl sites for hydroxylation is 2. The zero-order valence-electron chi connectivity index (χ0n) is 11.5. The first-order valence-corrected chi connectivity index (χ1v) is 6.87. The highest BCUT2D eigenvalue weighted by Gasteiger charge is 2.18. The van der Waals surface area contributed by atoms with Crippen molar-refractivity contribution in [2.24, 2.45) is 5.84 Å². The minimum absolute atomic E-state index is 0.218. The Morgan fingerprint density at radius 2 is 2.20 bits per heavy atom. The molecule has 4 nitrogen and oxygen atoms in total. The van der Waals surface area contributed by atoms with Gasteiger partial charge in [0.2, 0.25) is 0 Å². The van der Waals surface area contributed by atoms with E-state index < -0.39 is 0 Å². The molecule has 1 aromatic heterocycles. The molecule has 0 spiro atoms. The topological polar surface area (TPSA) is 55.9 Å². The van der Waals surface area contributed by atoms with Gasteiger partial charge in [-0.25, -0.2) is 4.39 Å². The molecule has 2 rings (SSSR count). The summed E-state index contributed by atoms with van der Waals surface area (Å²) in [5.41, 5.74) is 5.11. The Labute approximate surface area is 122 Å². The van der Waals surface area contributed by atoms with Crippen LogP contribution in [0.4, 0.5) is 4.39 Å². The fraction of sp³-hybridized carbons (Fsp3) is 0.357. The second kappa shape index (κ2) is 6.35. The predicted octanol–water partition coefficient (Wildman–Crippen LogP) is 2.75. The van der Waals surface area contributed by atoms with Gasteiger partial charge in [-0.2, -0.15) is 5.10 Å². The molecule has 3 N–H and O–H groups in total. The summed E-state index contributed by atoms with van der Waals surface area (Å²) in [6.45, 7) is 4.66. The Hall–Kier alpha value is -1.43. The van der Waals surface area contributed by atoms with Crippen molar-refractivity contribution in [3.63, 3.8) is 0 Å². The number of nitrogens with one attached hydrogen (secondary N) is 1. The van der Waals surface area contributed by atoms with Gasteiger partial charge in [0.05, 0.1) is 17.4 Å². The molecule has 2 aromatic rings. The van der Waals surface area contributed by atoms with Crippen LogP contribution in [0.25, 0.3) is 0 Å². The fourth-order valence-corrected chi connectivity index (χ4v) is 2.46. The molecule has 108 valence electrons. The lowest BCUT2D eigenvalue weighted by Crippen LogP contribution is -2.31. The van der Waals surface area contributed by atoms with Gasteiger partial charge in [0, 0.05) is 11.6 Å². The van der Waals surface area contributed by atoms with E-state index in [1.54, 1.807) is 6.07 Å². The highest BCUT2D eigenvalue weighted by atomic mass is 35.5. The van der Waals surface area contributed by atoms with Gasteiger partial charge < -0.3 is 0 Å². The van der Waals surface area contributed by atoms with Gasteiger partial charge in [-0.05, 0) is 50.1 Å². The van der Waals surface area contributed by atoms with Crippen LogP contribution in [0.1, 0.15) is 29.9 Å². The SMILES string of the molecule is CCn1nc(C)cc1C(Cc1cc(Cl)ccc1F)NN. The van der Waals surface area contributed by atoms with Crippen molar-refractivity contribution in [1.29, 1.82) is 0 Å². The maximum absolute atomic E-state index is 13.8. The van der Waals surface area contributed by atoms with Gasteiger partial charge in [0.15, 0.2) is 0 Å². The monoisotopic (exact) mass is 296 g/mol. The van der Waals surface area contributed by atoms with E-state index >= 15 is 0 Å². The van der Waals surface area contributed by atoms with Crippen LogP contribution in [0.3, 0.4) is 0 Å². The van der Waals surface area contributed by atoms with Crippen LogP contribution in [0.15, 0.2) is 24.3 Å². The van der Waals surface area contributed by atoms with Crippen molar-refractivity contribution in [2.45, 2.75) is 32.9 Å². The largest absolute Gasteiger partial charge is 0.271 e. The van der Waals surface area contributed by atoms with Crippen LogP contribution in [-0.2, 0) is 13.0 Å². The highest BCUT2D eigenvalue weighted by Crippen LogP contribution is 2.23. The highest BCUT2D eigenvalue weighted by molar-refractivity contribution is 6.30. The van der Waals surface area contributed by atoms with Gasteiger partial charge in [0.1, 0.15) is 5.82 Å². The minimum atomic E-state index is -0.283. The van der Waals surface area contributed by atoms with Crippen LogP contribution in [0.2, 0.25) is 5.02 Å². The number of nitrogens with zero attached hydrogens (tertiary/aromatic N) is 2. The van der Waals surface area contributed by atoms with Gasteiger partial charge in [-0.1, -0.05) is 11.6 Å². The number of aromatic nitrogens is 2. The summed E-state index contributed by atoms with van der Waals surface area (Å²) in [6, 6.07) is 6.26. The number of hydrogen-bond acceptors (Lipinski definition) is 3. The Kier molecular flexibility index (Phi) is 4.75. The normalized spacial score (nSPS) is 12.7. The van der Waals surface area contributed by atoms with E-state index in [1.807, 2.05) is 24.6 Å². The van der Waals surface area contributed by atoms with E-state index in [1.165, 1.54) is 12.1 Å². The molecule has 0 amide bonds. The van der Waals surface area contributed by atoms with Gasteiger partial charge in [0.25, 0.3) is 0 Å². The standard InChI is InChI=1S/C14H18ClFN4/c1-3-20-14(6-9(2)19-20)13(18-17)8-10-7-11(15)4-5-12(10)16/h4-7,13,18H,3,8,17H2,1-2H3. The molecular weight excluding hydrogens is 279 g/mol. The van der Waals surface area contributed by atoms with Crippen molar-refractivity contribution in [2.75, 3.05) is 0 Å². The van der Waals surface area contributed by atoms with Crippen molar-refractivity contribution in [3.8, 4) is 0 Å². The van der Waals surface area contributed by atoms with Crippen molar-refractivity contribution >= 4 is 11.6 Å². The molecule has 0 aliphatic rings. The van der Waals surface area contributed by atoms with Crippen LogP contribution in [-0.4, -0.2) is 9.78 Å². The van der Waals surface area contributed by atoms with E-state index in [4.69, 9.17) is 17.4 Å². The quantitative estimate of drug-likeness (QED) is 0.659. The van der Waals surface area contributed by atoms with Crippen LogP contribution in [0, 0.1) is 12.7 Å². The third kappa shape index (κ3) is 3.17. The van der Waals surface area contributed by atoms with E-state index in [9.17, 15) is 4.39 Å². The second-order valence-electron chi connectivity index (χ2n) is 4.69. The molecule has 1 unspecified atom stereocenters. The number of hydrazine groups is 1. The number of nitrogens with two attached hydrogens (primary N) is 1. The molecule has 0 saturated carbocycles. The lowest BCUT2D eigenvalue weighted by molar-refractivity contribution is 0.480. The lowest BCUT2D eigenvalue weighted by Gasteiger charge is -2.17. The summed E-state index contributed by atoms with van der Waals surface area (Å²) in [5.74, 6) is 5.34. The average Bonchev–Trinajstić information content (AvgIpc) is 2.80. The second-order valence-corrected chi connectivity index (χ2v) is 5.12. The van der Waals surface area contributed by atoms with Crippen molar-refractivity contribution < 1.29 is 4.39 Å². The average molecular weight is 297 g/mol. The first-order chi connectivity index (χ1) is 9.55. The van der Waals surface area contributed by atoms with Crippen LogP contribution < -0.4 is 11.3 Å². The zero-order valence-corrected chi connectivity index (χ0v) is 12.3. The predicted molar refractivity (Wildman–Crippen MR) is 77.8 cm³/mol. The molecule has 20 heavy (non-hydrogen) atoms. The number of benzene rings is 1. The van der Waals surface area contributed by atoms with E-state index in [0.29, 0.717) is 17.0 Å². The molecule has 0 saturated heterocycles. The van der Waals surface area contributed by atoms with Crippen LogP contribution in [0.5, 0.6) is 0 Å². The van der Waals surface area contributed by atoms with Crippen molar-refractivity contribution in [3.05, 3.63) is 52.1 Å². The first-order valence-electron chi connectivity index (χ1n) is 6.49. The summed E-state index contributed by atoms with van der Waals surface area (Å²) < 4.78 is 15.7. The molecule has 0 aliphatic heterocycles. The first kappa shape index (κ1) is 15.0. The summed E-state index contributed by atoms with van der Waals surface area (Å²) in [7, 11) is 0. The summed E-state index contributed by atoms with van der Waals surface area (Å²) >= 11 is 5.92. The van der Waals surface area contributed by atoms with E-state index in [-0.39, 0.29) is 11.9 Å². The molecule has 0 radical (unpaired) electrons. The zero-order chi connectivity index (χ0) is 14.7. The molecule has 1 atom stereocenters. The number of rotatable bonds is 5. The molecule has 1 aromatic carbocycles. The van der Waals surface area contributed by atoms with E-state index in [0.717, 1.165) is 17.9 Å². The Morgan fingerprint density at radius 3 is 2.85 bits per heavy atom. The molecule has 6 heteroatoms. The molecule has 0 bridgehead atoms. The maximum atomic E-state index is 13.8. The van der Waals surface area contributed by atoms with E-state index in [2.05, 4.69) is 10.5 Å². The number of halogens is 2. The Bertz CT molecular complexity index is 597. The van der Waals surface area contributed by atoms with Gasteiger partial charge >= 0.3 is 0 Å². The molecular formula is C14H18ClFN4. The third-order valence-corrected chi connectivity index (χ3v) is 3.46. The number of hydrogen-bond donors (Lipinski definition) is 2. The van der Waals surface area contributed by atoms with Crippen LogP contribution >= 0.6 is 11.6 Å². The van der Waals surface area contributed by atoms with Gasteiger partial charge in [-0.3, -0.25) is 16.0 Å². The molecule has 0 fully saturated rings. The molecule has 1 heterocycles. The maximum Gasteiger partial charge on any atom is 0.126 e. The summed E-state index contributed by atoms with van der Waals surface area (Å²) in [4.78, 5) is 0. The van der Waals surface area contributed by atoms with Crippen molar-refractivity contribution in [1.82, 2.24) is 15.2 Å². The Morgan fingerprint density at radius 1 is 1.45 bits per heavy atom. The summed E-state index contributed by atoms with van der Waals surface area (Å²) in [5, 5.41) is 4.89. The lowest BCUT2D eigenvalue weighted by atomic mass is 10.0. The van der Waals surface area contributed by atoms with Gasteiger partial charge in [-0.15, -0.1) is 0 Å². The fourth-order valence-electron chi connectivity index (χ4n) is 2.27.